The van der Waals surface area contributed by atoms with E-state index in [1.807, 2.05) is 121 Å². The minimum atomic E-state index is -0.976. The van der Waals surface area contributed by atoms with Crippen LogP contribution in [0.25, 0.3) is 11.1 Å². The molecule has 54 heavy (non-hydrogen) atoms. The molecule has 3 amide bonds. The predicted molar refractivity (Wildman–Crippen MR) is 204 cm³/mol. The molecule has 2 saturated heterocycles. The van der Waals surface area contributed by atoms with E-state index in [1.54, 1.807) is 18.0 Å². The number of aromatic nitrogens is 1. The Labute approximate surface area is 318 Å². The van der Waals surface area contributed by atoms with E-state index in [1.165, 1.54) is 4.90 Å². The Morgan fingerprint density at radius 3 is 2.33 bits per heavy atom. The maximum atomic E-state index is 13.2. The summed E-state index contributed by atoms with van der Waals surface area (Å²) in [6.45, 7) is 2.27. The summed E-state index contributed by atoms with van der Waals surface area (Å²) in [5.74, 6) is -0.0732. The number of nitrogens with one attached hydrogen (secondary N) is 1. The summed E-state index contributed by atoms with van der Waals surface area (Å²) in [7, 11) is 0. The van der Waals surface area contributed by atoms with E-state index in [0.717, 1.165) is 44.0 Å². The normalized spacial score (nSPS) is 21.2. The average Bonchev–Trinajstić information content (AvgIpc) is 3.47. The first-order chi connectivity index (χ1) is 26.3. The number of amides is 3. The number of aliphatic hydroxyl groups is 1. The molecule has 4 aromatic carbocycles. The lowest BCUT2D eigenvalue weighted by Gasteiger charge is -2.41. The van der Waals surface area contributed by atoms with Gasteiger partial charge in [0.1, 0.15) is 12.6 Å². The van der Waals surface area contributed by atoms with Crippen molar-refractivity contribution in [2.45, 2.75) is 62.7 Å². The van der Waals surface area contributed by atoms with E-state index >= 15 is 0 Å². The third kappa shape index (κ3) is 8.88. The zero-order valence-corrected chi connectivity index (χ0v) is 30.6. The van der Waals surface area contributed by atoms with Gasteiger partial charge in [0, 0.05) is 23.4 Å². The molecule has 0 radical (unpaired) electrons. The number of hydrogen-bond donors (Lipinski definition) is 2. The van der Waals surface area contributed by atoms with Gasteiger partial charge in [-0.3, -0.25) is 14.5 Å². The van der Waals surface area contributed by atoms with Crippen molar-refractivity contribution in [3.8, 4) is 11.1 Å². The number of carbonyl (C=O) groups is 3. The molecule has 5 atom stereocenters. The van der Waals surface area contributed by atoms with Crippen LogP contribution in [0.3, 0.4) is 0 Å². The zero-order chi connectivity index (χ0) is 37.4. The number of aliphatic hydroxyl groups excluding tert-OH is 1. The van der Waals surface area contributed by atoms with Crippen molar-refractivity contribution in [1.82, 2.24) is 15.2 Å². The number of nitrogens with zero attached hydrogens (tertiary/aromatic N) is 2. The van der Waals surface area contributed by atoms with Crippen LogP contribution in [0.5, 0.6) is 0 Å². The number of rotatable bonds is 12. The van der Waals surface area contributed by atoms with E-state index in [-0.39, 0.29) is 50.2 Å². The number of imide groups is 1. The van der Waals surface area contributed by atoms with Gasteiger partial charge in [0.25, 0.3) is 5.91 Å². The predicted octanol–water partition coefficient (Wildman–Crippen LogP) is 7.38. The second-order valence-electron chi connectivity index (χ2n) is 13.4. The lowest BCUT2D eigenvalue weighted by atomic mass is 9.91. The third-order valence-corrected chi connectivity index (χ3v) is 10.7. The van der Waals surface area contributed by atoms with Crippen LogP contribution >= 0.6 is 11.8 Å². The zero-order valence-electron chi connectivity index (χ0n) is 29.7. The highest BCUT2D eigenvalue weighted by molar-refractivity contribution is 7.99. The van der Waals surface area contributed by atoms with Crippen molar-refractivity contribution < 1.29 is 33.7 Å². The van der Waals surface area contributed by atoms with Crippen LogP contribution in [-0.4, -0.2) is 50.8 Å². The number of likely N-dealkylation sites (tertiary alicyclic amines) is 1. The van der Waals surface area contributed by atoms with Crippen molar-refractivity contribution in [1.29, 1.82) is 0 Å². The van der Waals surface area contributed by atoms with E-state index in [0.29, 0.717) is 5.75 Å². The monoisotopic (exact) mass is 743 g/mol. The van der Waals surface area contributed by atoms with Gasteiger partial charge in [0.2, 0.25) is 5.91 Å². The average molecular weight is 744 g/mol. The Bertz CT molecular complexity index is 2050. The number of alkyl carbamates (subject to hydrolysis) is 1. The van der Waals surface area contributed by atoms with Crippen molar-refractivity contribution in [2.75, 3.05) is 5.75 Å². The standard InChI is InChI=1S/C43H41N3O7S/c1-28-37(27-54-38-12-5-6-21-44-38)52-42(53-40(28)33-15-13-29(25-47)14-16-33)34-19-17-32(18-20-34)35-11-7-10-31(22-35)24-46-39(48)23-36(41(46)49)45-43(50)51-26-30-8-3-2-4-9-30/h2-22,28,36-37,40,42,47H,23-27H2,1H3,(H,45,50)/t28-,36?,37+,40+,42+/m0/s1. The Kier molecular flexibility index (Phi) is 11.8. The van der Waals surface area contributed by atoms with Gasteiger partial charge in [0.15, 0.2) is 6.29 Å². The second-order valence-corrected chi connectivity index (χ2v) is 14.4. The van der Waals surface area contributed by atoms with Crippen LogP contribution in [0.15, 0.2) is 133 Å². The lowest BCUT2D eigenvalue weighted by Crippen LogP contribution is -2.41. The van der Waals surface area contributed by atoms with E-state index < -0.39 is 24.3 Å². The largest absolute Gasteiger partial charge is 0.445 e. The lowest BCUT2D eigenvalue weighted by molar-refractivity contribution is -0.268. The summed E-state index contributed by atoms with van der Waals surface area (Å²) in [6.07, 6.45) is -0.0458. The fourth-order valence-corrected chi connectivity index (χ4v) is 7.67. The van der Waals surface area contributed by atoms with Crippen molar-refractivity contribution in [2.24, 2.45) is 5.92 Å². The number of benzene rings is 4. The third-order valence-electron chi connectivity index (χ3n) is 9.69. The molecule has 0 saturated carbocycles. The van der Waals surface area contributed by atoms with E-state index in [4.69, 9.17) is 14.2 Å². The highest BCUT2D eigenvalue weighted by Crippen LogP contribution is 2.43. The summed E-state index contributed by atoms with van der Waals surface area (Å²) in [6, 6.07) is 37.7. The van der Waals surface area contributed by atoms with Crippen LogP contribution in [0.2, 0.25) is 0 Å². The molecule has 0 bridgehead atoms. The van der Waals surface area contributed by atoms with Crippen molar-refractivity contribution in [3.63, 3.8) is 0 Å². The molecular formula is C43H41N3O7S. The Morgan fingerprint density at radius 2 is 1.59 bits per heavy atom. The smallest absolute Gasteiger partial charge is 0.408 e. The minimum Gasteiger partial charge on any atom is -0.445 e. The Morgan fingerprint density at radius 1 is 0.852 bits per heavy atom. The summed E-state index contributed by atoms with van der Waals surface area (Å²) >= 11 is 1.65. The topological polar surface area (TPSA) is 127 Å². The summed E-state index contributed by atoms with van der Waals surface area (Å²) in [5.41, 5.74) is 6.20. The molecule has 2 N–H and O–H groups in total. The van der Waals surface area contributed by atoms with Gasteiger partial charge in [-0.2, -0.15) is 0 Å². The van der Waals surface area contributed by atoms with Crippen LogP contribution in [0, 0.1) is 5.92 Å². The fourth-order valence-electron chi connectivity index (χ4n) is 6.64. The van der Waals surface area contributed by atoms with Gasteiger partial charge in [-0.1, -0.05) is 110 Å². The van der Waals surface area contributed by atoms with Gasteiger partial charge >= 0.3 is 6.09 Å². The number of carbonyl (C=O) groups excluding carboxylic acids is 3. The highest BCUT2D eigenvalue weighted by atomic mass is 32.2. The molecule has 1 aromatic heterocycles. The Hall–Kier alpha value is -5.33. The highest BCUT2D eigenvalue weighted by Gasteiger charge is 2.40. The molecule has 1 unspecified atom stereocenters. The maximum Gasteiger partial charge on any atom is 0.408 e. The van der Waals surface area contributed by atoms with E-state index in [2.05, 4.69) is 17.2 Å². The first-order valence-corrected chi connectivity index (χ1v) is 18.9. The molecule has 11 heteroatoms. The molecule has 2 aliphatic rings. The second kappa shape index (κ2) is 17.2. The van der Waals surface area contributed by atoms with Gasteiger partial charge in [0.05, 0.1) is 36.8 Å². The molecule has 2 fully saturated rings. The quantitative estimate of drug-likeness (QED) is 0.0995. The molecule has 7 rings (SSSR count). The molecule has 276 valence electrons. The first kappa shape index (κ1) is 37.0. The summed E-state index contributed by atoms with van der Waals surface area (Å²) in [5, 5.41) is 13.1. The Balaban J connectivity index is 1.01. The van der Waals surface area contributed by atoms with Crippen LogP contribution in [0.4, 0.5) is 4.79 Å². The molecule has 0 spiro atoms. The molecule has 5 aromatic rings. The first-order valence-electron chi connectivity index (χ1n) is 17.9. The molecular weight excluding hydrogens is 703 g/mol. The molecule has 0 aliphatic carbocycles. The van der Waals surface area contributed by atoms with Gasteiger partial charge < -0.3 is 24.6 Å². The van der Waals surface area contributed by atoms with E-state index in [9.17, 15) is 19.5 Å². The number of hydrogen-bond acceptors (Lipinski definition) is 9. The van der Waals surface area contributed by atoms with Crippen molar-refractivity contribution >= 4 is 29.7 Å². The van der Waals surface area contributed by atoms with Gasteiger partial charge in [-0.25, -0.2) is 9.78 Å². The molecule has 2 aliphatic heterocycles. The SMILES string of the molecule is C[C@H]1[C@@H](CSc2ccccn2)O[C@@H](c2ccc(-c3cccc(CN4C(=O)CC(NC(=O)OCc5ccccc5)C4=O)c3)cc2)O[C@H]1c1ccc(CO)cc1. The maximum absolute atomic E-state index is 13.2. The molecule has 3 heterocycles. The summed E-state index contributed by atoms with van der Waals surface area (Å²) < 4.78 is 18.5. The summed E-state index contributed by atoms with van der Waals surface area (Å²) in [4.78, 5) is 44.1. The van der Waals surface area contributed by atoms with Crippen LogP contribution in [-0.2, 0) is 43.6 Å². The number of ether oxygens (including phenoxy) is 3. The fraction of sp³-hybridized carbons (Fsp3) is 0.256. The minimum absolute atomic E-state index is 0.0218. The van der Waals surface area contributed by atoms with Gasteiger partial charge in [-0.15, -0.1) is 11.8 Å². The molecule has 10 nitrogen and oxygen atoms in total. The van der Waals surface area contributed by atoms with Crippen LogP contribution in [0.1, 0.15) is 53.6 Å². The van der Waals surface area contributed by atoms with Crippen molar-refractivity contribution in [3.05, 3.63) is 155 Å². The number of pyridine rings is 1. The van der Waals surface area contributed by atoms with Gasteiger partial charge in [-0.05, 0) is 51.6 Å². The van der Waals surface area contributed by atoms with Crippen LogP contribution < -0.4 is 5.32 Å². The number of thioether (sulfide) groups is 1.